The highest BCUT2D eigenvalue weighted by Crippen LogP contribution is 2.35. The van der Waals surface area contributed by atoms with Crippen LogP contribution in [0.1, 0.15) is 52.0 Å². The molecule has 1 aromatic rings. The summed E-state index contributed by atoms with van der Waals surface area (Å²) in [7, 11) is 0. The third-order valence-corrected chi connectivity index (χ3v) is 4.08. The zero-order valence-electron chi connectivity index (χ0n) is 11.6. The van der Waals surface area contributed by atoms with Gasteiger partial charge in [-0.1, -0.05) is 30.3 Å². The van der Waals surface area contributed by atoms with Crippen LogP contribution in [0.4, 0.5) is 0 Å². The third-order valence-electron chi connectivity index (χ3n) is 4.08. The van der Waals surface area contributed by atoms with Crippen molar-refractivity contribution >= 4 is 0 Å². The molecule has 0 aliphatic carbocycles. The first kappa shape index (κ1) is 12.6. The minimum absolute atomic E-state index is 0.285. The van der Waals surface area contributed by atoms with Crippen molar-refractivity contribution in [1.29, 1.82) is 0 Å². The van der Waals surface area contributed by atoms with Crippen molar-refractivity contribution in [3.8, 4) is 0 Å². The van der Waals surface area contributed by atoms with Gasteiger partial charge in [0, 0.05) is 11.6 Å². The Morgan fingerprint density at radius 1 is 1.12 bits per heavy atom. The van der Waals surface area contributed by atoms with E-state index < -0.39 is 0 Å². The topological polar surface area (TPSA) is 3.24 Å². The van der Waals surface area contributed by atoms with Crippen LogP contribution < -0.4 is 0 Å². The van der Waals surface area contributed by atoms with Crippen molar-refractivity contribution in [2.75, 3.05) is 6.54 Å². The summed E-state index contributed by atoms with van der Waals surface area (Å²) in [6.07, 6.45) is 2.65. The van der Waals surface area contributed by atoms with E-state index in [0.717, 1.165) is 0 Å². The molecule has 1 heteroatoms. The third kappa shape index (κ3) is 2.71. The fourth-order valence-electron chi connectivity index (χ4n) is 3.24. The molecular formula is C16H25N. The zero-order valence-corrected chi connectivity index (χ0v) is 11.6. The van der Waals surface area contributed by atoms with Gasteiger partial charge in [-0.2, -0.15) is 0 Å². The maximum atomic E-state index is 2.66. The van der Waals surface area contributed by atoms with Gasteiger partial charge in [-0.3, -0.25) is 4.90 Å². The van der Waals surface area contributed by atoms with E-state index in [1.807, 2.05) is 0 Å². The van der Waals surface area contributed by atoms with Gasteiger partial charge in [0.15, 0.2) is 0 Å². The molecule has 0 spiro atoms. The summed E-state index contributed by atoms with van der Waals surface area (Å²) in [5.74, 6) is 0.698. The quantitative estimate of drug-likeness (QED) is 0.704. The predicted molar refractivity (Wildman–Crippen MR) is 74.3 cm³/mol. The molecule has 1 aliphatic heterocycles. The molecule has 17 heavy (non-hydrogen) atoms. The molecule has 1 saturated heterocycles. The molecule has 1 aromatic carbocycles. The molecule has 0 bridgehead atoms. The fourth-order valence-corrected chi connectivity index (χ4v) is 3.24. The maximum Gasteiger partial charge on any atom is 0.0141 e. The lowest BCUT2D eigenvalue weighted by molar-refractivity contribution is 0.0471. The van der Waals surface area contributed by atoms with Crippen LogP contribution >= 0.6 is 0 Å². The molecule has 1 fully saturated rings. The van der Waals surface area contributed by atoms with Gasteiger partial charge in [0.25, 0.3) is 0 Å². The largest absolute Gasteiger partial charge is 0.295 e. The van der Waals surface area contributed by atoms with E-state index in [1.165, 1.54) is 24.9 Å². The van der Waals surface area contributed by atoms with E-state index >= 15 is 0 Å². The molecule has 2 atom stereocenters. The lowest BCUT2D eigenvalue weighted by atomic mass is 9.82. The Morgan fingerprint density at radius 3 is 2.35 bits per heavy atom. The number of hydrogen-bond donors (Lipinski definition) is 0. The summed E-state index contributed by atoms with van der Waals surface area (Å²) in [6, 6.07) is 11.7. The summed E-state index contributed by atoms with van der Waals surface area (Å²) < 4.78 is 0. The van der Waals surface area contributed by atoms with Crippen LogP contribution in [0.25, 0.3) is 0 Å². The molecule has 0 amide bonds. The standard InChI is InChI=1S/C16H25N/c1-13-15(14-9-6-5-7-10-14)11-8-12-17(13)16(2,3)4/h5-7,9-10,13,15H,8,11-12H2,1-4H3/t13-,15-/m1/s1. The molecule has 0 unspecified atom stereocenters. The monoisotopic (exact) mass is 231 g/mol. The van der Waals surface area contributed by atoms with Crippen molar-refractivity contribution in [1.82, 2.24) is 4.90 Å². The molecule has 0 N–H and O–H groups in total. The second-order valence-electron chi connectivity index (χ2n) is 6.26. The lowest BCUT2D eigenvalue weighted by Crippen LogP contribution is -2.52. The Hall–Kier alpha value is -0.820. The fraction of sp³-hybridized carbons (Fsp3) is 0.625. The van der Waals surface area contributed by atoms with Crippen LogP contribution in [0, 0.1) is 0 Å². The predicted octanol–water partition coefficient (Wildman–Crippen LogP) is 4.05. The van der Waals surface area contributed by atoms with Crippen LogP contribution in [0.15, 0.2) is 30.3 Å². The Balaban J connectivity index is 2.20. The van der Waals surface area contributed by atoms with Crippen molar-refractivity contribution in [2.45, 2.75) is 58.0 Å². The van der Waals surface area contributed by atoms with Crippen molar-refractivity contribution < 1.29 is 0 Å². The van der Waals surface area contributed by atoms with Gasteiger partial charge < -0.3 is 0 Å². The van der Waals surface area contributed by atoms with Crippen molar-refractivity contribution in [3.05, 3.63) is 35.9 Å². The summed E-state index contributed by atoms with van der Waals surface area (Å²) in [5, 5.41) is 0. The summed E-state index contributed by atoms with van der Waals surface area (Å²) in [6.45, 7) is 10.6. The molecule has 1 nitrogen and oxygen atoms in total. The molecule has 0 radical (unpaired) electrons. The first-order valence-electron chi connectivity index (χ1n) is 6.82. The van der Waals surface area contributed by atoms with E-state index in [4.69, 9.17) is 0 Å². The average Bonchev–Trinajstić information content (AvgIpc) is 2.29. The Kier molecular flexibility index (Phi) is 3.58. The average molecular weight is 231 g/mol. The van der Waals surface area contributed by atoms with Crippen LogP contribution in [-0.2, 0) is 0 Å². The first-order chi connectivity index (χ1) is 8.00. The van der Waals surface area contributed by atoms with E-state index in [0.29, 0.717) is 12.0 Å². The van der Waals surface area contributed by atoms with Gasteiger partial charge in [0.1, 0.15) is 0 Å². The van der Waals surface area contributed by atoms with Crippen LogP contribution in [0.5, 0.6) is 0 Å². The van der Waals surface area contributed by atoms with Gasteiger partial charge >= 0.3 is 0 Å². The smallest absolute Gasteiger partial charge is 0.0141 e. The normalized spacial score (nSPS) is 27.1. The zero-order chi connectivity index (χ0) is 12.5. The van der Waals surface area contributed by atoms with E-state index in [1.54, 1.807) is 0 Å². The highest BCUT2D eigenvalue weighted by atomic mass is 15.2. The highest BCUT2D eigenvalue weighted by Gasteiger charge is 2.34. The number of benzene rings is 1. The van der Waals surface area contributed by atoms with Crippen molar-refractivity contribution in [3.63, 3.8) is 0 Å². The lowest BCUT2D eigenvalue weighted by Gasteiger charge is -2.47. The number of nitrogens with zero attached hydrogens (tertiary/aromatic N) is 1. The minimum Gasteiger partial charge on any atom is -0.295 e. The maximum absolute atomic E-state index is 2.66. The van der Waals surface area contributed by atoms with Gasteiger partial charge in [0.2, 0.25) is 0 Å². The van der Waals surface area contributed by atoms with E-state index in [2.05, 4.69) is 62.9 Å². The number of hydrogen-bond acceptors (Lipinski definition) is 1. The number of piperidine rings is 1. The molecule has 2 rings (SSSR count). The van der Waals surface area contributed by atoms with Gasteiger partial charge in [0.05, 0.1) is 0 Å². The molecule has 1 aliphatic rings. The molecule has 1 heterocycles. The van der Waals surface area contributed by atoms with Crippen LogP contribution in [0.3, 0.4) is 0 Å². The summed E-state index contributed by atoms with van der Waals surface area (Å²) in [5.41, 5.74) is 1.79. The van der Waals surface area contributed by atoms with E-state index in [9.17, 15) is 0 Å². The van der Waals surface area contributed by atoms with Crippen LogP contribution in [-0.4, -0.2) is 23.0 Å². The van der Waals surface area contributed by atoms with Crippen molar-refractivity contribution in [2.24, 2.45) is 0 Å². The first-order valence-corrected chi connectivity index (χ1v) is 6.82. The second-order valence-corrected chi connectivity index (χ2v) is 6.26. The second kappa shape index (κ2) is 4.81. The van der Waals surface area contributed by atoms with Crippen LogP contribution in [0.2, 0.25) is 0 Å². The SMILES string of the molecule is C[C@@H]1[C@H](c2ccccc2)CCCN1C(C)(C)C. The van der Waals surface area contributed by atoms with E-state index in [-0.39, 0.29) is 5.54 Å². The van der Waals surface area contributed by atoms with Gasteiger partial charge in [-0.15, -0.1) is 0 Å². The number of rotatable bonds is 1. The summed E-state index contributed by atoms with van der Waals surface area (Å²) in [4.78, 5) is 2.66. The molecule has 0 saturated carbocycles. The molecule has 0 aromatic heterocycles. The minimum atomic E-state index is 0.285. The Labute approximate surface area is 106 Å². The number of likely N-dealkylation sites (tertiary alicyclic amines) is 1. The summed E-state index contributed by atoms with van der Waals surface area (Å²) >= 11 is 0. The van der Waals surface area contributed by atoms with Gasteiger partial charge in [-0.25, -0.2) is 0 Å². The molecule has 94 valence electrons. The Morgan fingerprint density at radius 2 is 1.76 bits per heavy atom. The Bertz CT molecular complexity index is 350. The van der Waals surface area contributed by atoms with Gasteiger partial charge in [-0.05, 0) is 58.6 Å². The highest BCUT2D eigenvalue weighted by molar-refractivity contribution is 5.22. The molecular weight excluding hydrogens is 206 g/mol.